The van der Waals surface area contributed by atoms with Gasteiger partial charge in [0.15, 0.2) is 0 Å². The molecule has 1 N–H and O–H groups in total. The Bertz CT molecular complexity index is 451. The van der Waals surface area contributed by atoms with Crippen LogP contribution in [0.3, 0.4) is 0 Å². The molecular weight excluding hydrogens is 244 g/mol. The maximum atomic E-state index is 5.85. The van der Waals surface area contributed by atoms with Gasteiger partial charge < -0.3 is 9.88 Å². The van der Waals surface area contributed by atoms with E-state index in [0.29, 0.717) is 0 Å². The molecule has 0 fully saturated rings. The van der Waals surface area contributed by atoms with Crippen molar-refractivity contribution in [2.45, 2.75) is 13.0 Å². The Morgan fingerprint density at radius 3 is 3.00 bits per heavy atom. The van der Waals surface area contributed by atoms with Gasteiger partial charge >= 0.3 is 0 Å². The van der Waals surface area contributed by atoms with Crippen molar-refractivity contribution in [3.8, 4) is 0 Å². The van der Waals surface area contributed by atoms with Gasteiger partial charge in [-0.05, 0) is 18.6 Å². The topological polar surface area (TPSA) is 42.7 Å². The van der Waals surface area contributed by atoms with Crippen LogP contribution >= 0.6 is 22.9 Å². The van der Waals surface area contributed by atoms with Gasteiger partial charge in [0.25, 0.3) is 0 Å². The van der Waals surface area contributed by atoms with Crippen molar-refractivity contribution < 1.29 is 0 Å². The van der Waals surface area contributed by atoms with Gasteiger partial charge in [-0.2, -0.15) is 0 Å². The van der Waals surface area contributed by atoms with Crippen molar-refractivity contribution >= 4 is 22.9 Å². The fraction of sp³-hybridized carbons (Fsp3) is 0.400. The summed E-state index contributed by atoms with van der Waals surface area (Å²) in [5, 5.41) is 11.1. The Hall–Kier alpha value is -0.910. The minimum Gasteiger partial charge on any atom is -0.320 e. The van der Waals surface area contributed by atoms with Crippen LogP contribution in [0, 0.1) is 0 Å². The first-order chi connectivity index (χ1) is 7.75. The van der Waals surface area contributed by atoms with Crippen LogP contribution in [-0.4, -0.2) is 21.3 Å². The van der Waals surface area contributed by atoms with Gasteiger partial charge in [0.2, 0.25) is 0 Å². The monoisotopic (exact) mass is 256 g/mol. The molecule has 6 heteroatoms. The number of aromatic nitrogens is 3. The van der Waals surface area contributed by atoms with E-state index >= 15 is 0 Å². The van der Waals surface area contributed by atoms with Crippen LogP contribution in [-0.2, 0) is 20.0 Å². The molecule has 0 radical (unpaired) electrons. The molecule has 2 rings (SSSR count). The second-order valence-corrected chi connectivity index (χ2v) is 5.29. The molecule has 86 valence electrons. The Labute approximate surface area is 103 Å². The van der Waals surface area contributed by atoms with Crippen molar-refractivity contribution in [3.05, 3.63) is 33.5 Å². The summed E-state index contributed by atoms with van der Waals surface area (Å²) in [6.45, 7) is 1.67. The average molecular weight is 257 g/mol. The maximum absolute atomic E-state index is 5.85. The predicted molar refractivity (Wildman–Crippen MR) is 65.7 cm³/mol. The Morgan fingerprint density at radius 2 is 2.38 bits per heavy atom. The summed E-state index contributed by atoms with van der Waals surface area (Å²) in [4.78, 5) is 1.30. The van der Waals surface area contributed by atoms with Crippen molar-refractivity contribution in [2.75, 3.05) is 6.54 Å². The van der Waals surface area contributed by atoms with Gasteiger partial charge in [-0.3, -0.25) is 0 Å². The molecule has 0 amide bonds. The van der Waals surface area contributed by atoms with Gasteiger partial charge in [-0.15, -0.1) is 21.5 Å². The normalized spacial score (nSPS) is 10.9. The fourth-order valence-corrected chi connectivity index (χ4v) is 2.45. The highest BCUT2D eigenvalue weighted by Gasteiger charge is 2.00. The van der Waals surface area contributed by atoms with Crippen molar-refractivity contribution in [1.82, 2.24) is 20.1 Å². The second-order valence-electron chi connectivity index (χ2n) is 3.49. The van der Waals surface area contributed by atoms with Crippen LogP contribution in [0.5, 0.6) is 0 Å². The number of aryl methyl sites for hydroxylation is 1. The summed E-state index contributed by atoms with van der Waals surface area (Å²) in [7, 11) is 1.94. The van der Waals surface area contributed by atoms with E-state index in [9.17, 15) is 0 Å². The van der Waals surface area contributed by atoms with Gasteiger partial charge in [-0.1, -0.05) is 11.6 Å². The molecule has 2 aromatic heterocycles. The second kappa shape index (κ2) is 5.43. The van der Waals surface area contributed by atoms with E-state index in [0.717, 1.165) is 29.7 Å². The molecule has 0 spiro atoms. The van der Waals surface area contributed by atoms with Crippen LogP contribution < -0.4 is 5.32 Å². The molecule has 4 nitrogen and oxygen atoms in total. The van der Waals surface area contributed by atoms with Gasteiger partial charge in [0.1, 0.15) is 12.2 Å². The summed E-state index contributed by atoms with van der Waals surface area (Å²) >= 11 is 7.48. The highest BCUT2D eigenvalue weighted by molar-refractivity contribution is 7.16. The fourth-order valence-electron chi connectivity index (χ4n) is 1.37. The van der Waals surface area contributed by atoms with Gasteiger partial charge in [-0.25, -0.2) is 0 Å². The third-order valence-corrected chi connectivity index (χ3v) is 3.56. The van der Waals surface area contributed by atoms with Crippen LogP contribution in [0.2, 0.25) is 4.34 Å². The van der Waals surface area contributed by atoms with E-state index in [4.69, 9.17) is 11.6 Å². The molecule has 0 aliphatic heterocycles. The summed E-state index contributed by atoms with van der Waals surface area (Å²) in [6, 6.07) is 4.00. The Balaban J connectivity index is 1.71. The molecule has 0 aliphatic rings. The minimum absolute atomic E-state index is 0.746. The van der Waals surface area contributed by atoms with Crippen LogP contribution in [0.4, 0.5) is 0 Å². The predicted octanol–water partition coefficient (Wildman–Crippen LogP) is 1.86. The van der Waals surface area contributed by atoms with E-state index in [2.05, 4.69) is 21.6 Å². The zero-order valence-electron chi connectivity index (χ0n) is 8.98. The van der Waals surface area contributed by atoms with E-state index in [1.54, 1.807) is 17.7 Å². The first-order valence-corrected chi connectivity index (χ1v) is 6.23. The zero-order chi connectivity index (χ0) is 11.4. The van der Waals surface area contributed by atoms with Crippen molar-refractivity contribution in [1.29, 1.82) is 0 Å². The Morgan fingerprint density at radius 1 is 1.50 bits per heavy atom. The number of hydrogen-bond acceptors (Lipinski definition) is 4. The molecule has 16 heavy (non-hydrogen) atoms. The third kappa shape index (κ3) is 3.04. The number of rotatable bonds is 5. The van der Waals surface area contributed by atoms with E-state index in [1.165, 1.54) is 4.88 Å². The lowest BCUT2D eigenvalue weighted by Crippen LogP contribution is -2.18. The zero-order valence-corrected chi connectivity index (χ0v) is 10.6. The number of hydrogen-bond donors (Lipinski definition) is 1. The molecule has 0 atom stereocenters. The van der Waals surface area contributed by atoms with Gasteiger partial charge in [0, 0.05) is 18.5 Å². The van der Waals surface area contributed by atoms with E-state index in [-0.39, 0.29) is 0 Å². The standard InChI is InChI=1S/C10H13ClN4S/c1-15-7-13-14-10(15)6-12-5-4-8-2-3-9(11)16-8/h2-3,7,12H,4-6H2,1H3. The van der Waals surface area contributed by atoms with Crippen LogP contribution in [0.15, 0.2) is 18.5 Å². The molecule has 2 aromatic rings. The largest absolute Gasteiger partial charge is 0.320 e. The number of nitrogens with one attached hydrogen (secondary N) is 1. The lowest BCUT2D eigenvalue weighted by atomic mass is 10.3. The molecule has 0 bridgehead atoms. The molecule has 0 aromatic carbocycles. The number of thiophene rings is 1. The Kier molecular flexibility index (Phi) is 3.93. The van der Waals surface area contributed by atoms with Gasteiger partial charge in [0.05, 0.1) is 10.9 Å². The molecule has 0 unspecified atom stereocenters. The molecule has 0 saturated carbocycles. The quantitative estimate of drug-likeness (QED) is 0.831. The smallest absolute Gasteiger partial charge is 0.146 e. The van der Waals surface area contributed by atoms with Crippen molar-refractivity contribution in [3.63, 3.8) is 0 Å². The number of nitrogens with zero attached hydrogens (tertiary/aromatic N) is 3. The lowest BCUT2D eigenvalue weighted by Gasteiger charge is -2.02. The molecule has 0 saturated heterocycles. The number of halogens is 1. The van der Waals surface area contributed by atoms with Crippen LogP contribution in [0.1, 0.15) is 10.7 Å². The molecule has 2 heterocycles. The van der Waals surface area contributed by atoms with Crippen molar-refractivity contribution in [2.24, 2.45) is 7.05 Å². The maximum Gasteiger partial charge on any atom is 0.146 e. The lowest BCUT2D eigenvalue weighted by molar-refractivity contribution is 0.638. The summed E-state index contributed by atoms with van der Waals surface area (Å²) in [6.07, 6.45) is 2.70. The first-order valence-electron chi connectivity index (χ1n) is 5.03. The van der Waals surface area contributed by atoms with Crippen LogP contribution in [0.25, 0.3) is 0 Å². The average Bonchev–Trinajstić information content (AvgIpc) is 2.83. The minimum atomic E-state index is 0.746. The highest BCUT2D eigenvalue weighted by atomic mass is 35.5. The SMILES string of the molecule is Cn1cnnc1CNCCc1ccc(Cl)s1. The highest BCUT2D eigenvalue weighted by Crippen LogP contribution is 2.21. The van der Waals surface area contributed by atoms with E-state index in [1.807, 2.05) is 17.7 Å². The summed E-state index contributed by atoms with van der Waals surface area (Å²) < 4.78 is 2.76. The third-order valence-electron chi connectivity index (χ3n) is 2.27. The molecule has 0 aliphatic carbocycles. The molecular formula is C10H13ClN4S. The van der Waals surface area contributed by atoms with E-state index < -0.39 is 0 Å². The summed E-state index contributed by atoms with van der Waals surface area (Å²) in [5.74, 6) is 0.948. The first kappa shape index (κ1) is 11.6. The summed E-state index contributed by atoms with van der Waals surface area (Å²) in [5.41, 5.74) is 0.